The summed E-state index contributed by atoms with van der Waals surface area (Å²) in [5.74, 6) is 1.31. The lowest BCUT2D eigenvalue weighted by Gasteiger charge is -2.27. The number of fused-ring (bicyclic) bond motifs is 1. The van der Waals surface area contributed by atoms with E-state index in [0.717, 1.165) is 28.7 Å². The van der Waals surface area contributed by atoms with Crippen LogP contribution in [0.2, 0.25) is 0 Å². The van der Waals surface area contributed by atoms with Gasteiger partial charge in [-0.1, -0.05) is 5.18 Å². The lowest BCUT2D eigenvalue weighted by atomic mass is 9.86. The molecule has 1 atom stereocenters. The van der Waals surface area contributed by atoms with Gasteiger partial charge in [0.05, 0.1) is 11.1 Å². The molecule has 0 N–H and O–H groups in total. The topological polar surface area (TPSA) is 74.2 Å². The zero-order chi connectivity index (χ0) is 18.8. The Kier molecular flexibility index (Phi) is 5.52. The van der Waals surface area contributed by atoms with Gasteiger partial charge in [0, 0.05) is 24.7 Å². The zero-order valence-electron chi connectivity index (χ0n) is 15.9. The van der Waals surface area contributed by atoms with Crippen molar-refractivity contribution in [3.8, 4) is 11.5 Å². The molecule has 25 heavy (non-hydrogen) atoms. The second-order valence-electron chi connectivity index (χ2n) is 7.60. The van der Waals surface area contributed by atoms with E-state index in [1.807, 2.05) is 34.6 Å². The van der Waals surface area contributed by atoms with Gasteiger partial charge in [-0.15, -0.1) is 0 Å². The number of methoxy groups -OCH3 is 1. The molecule has 0 spiro atoms. The number of carbonyl (C=O) groups excluding carboxylic acids is 1. The minimum atomic E-state index is -0.619. The molecule has 2 rings (SSSR count). The van der Waals surface area contributed by atoms with Crippen molar-refractivity contribution in [2.75, 3.05) is 13.9 Å². The van der Waals surface area contributed by atoms with Crippen molar-refractivity contribution in [3.63, 3.8) is 0 Å². The highest BCUT2D eigenvalue weighted by atomic mass is 16.7. The largest absolute Gasteiger partial charge is 0.487 e. The number of rotatable bonds is 8. The molecule has 0 bridgehead atoms. The molecule has 0 saturated carbocycles. The van der Waals surface area contributed by atoms with E-state index >= 15 is 0 Å². The van der Waals surface area contributed by atoms with Gasteiger partial charge in [0.15, 0.2) is 13.1 Å². The number of ether oxygens (including phenoxy) is 3. The van der Waals surface area contributed by atoms with Crippen molar-refractivity contribution < 1.29 is 19.0 Å². The molecule has 1 unspecified atom stereocenters. The predicted molar refractivity (Wildman–Crippen MR) is 95.7 cm³/mol. The van der Waals surface area contributed by atoms with Crippen LogP contribution >= 0.6 is 0 Å². The average molecular weight is 349 g/mol. The molecular formula is C19H27NO5. The third-order valence-corrected chi connectivity index (χ3v) is 4.91. The normalized spacial score (nSPS) is 19.3. The van der Waals surface area contributed by atoms with Gasteiger partial charge in [0.2, 0.25) is 0 Å². The average Bonchev–Trinajstić information content (AvgIpc) is 2.94. The number of nitroso groups, excluding NO2 is 1. The van der Waals surface area contributed by atoms with Crippen molar-refractivity contribution in [2.45, 2.75) is 65.0 Å². The van der Waals surface area contributed by atoms with Crippen LogP contribution in [-0.4, -0.2) is 31.3 Å². The highest BCUT2D eigenvalue weighted by Gasteiger charge is 2.40. The molecule has 6 heteroatoms. The Morgan fingerprint density at radius 1 is 1.32 bits per heavy atom. The number of hydrogen-bond donors (Lipinski definition) is 0. The number of benzene rings is 1. The van der Waals surface area contributed by atoms with Gasteiger partial charge in [-0.2, -0.15) is 4.91 Å². The van der Waals surface area contributed by atoms with Crippen LogP contribution in [-0.2, 0) is 11.2 Å². The van der Waals surface area contributed by atoms with Crippen LogP contribution in [0.1, 0.15) is 60.7 Å². The Labute approximate surface area is 148 Å². The van der Waals surface area contributed by atoms with Crippen LogP contribution < -0.4 is 9.47 Å². The van der Waals surface area contributed by atoms with Gasteiger partial charge in [-0.25, -0.2) is 0 Å². The van der Waals surface area contributed by atoms with Gasteiger partial charge in [-0.05, 0) is 53.0 Å². The first-order valence-corrected chi connectivity index (χ1v) is 8.44. The molecule has 1 aliphatic heterocycles. The van der Waals surface area contributed by atoms with Crippen LogP contribution in [0.3, 0.4) is 0 Å². The minimum absolute atomic E-state index is 0.0806. The molecule has 1 aromatic rings. The lowest BCUT2D eigenvalue weighted by molar-refractivity contribution is 0.0499. The van der Waals surface area contributed by atoms with Crippen molar-refractivity contribution in [2.24, 2.45) is 5.18 Å². The second-order valence-corrected chi connectivity index (χ2v) is 7.60. The van der Waals surface area contributed by atoms with Crippen LogP contribution in [0.5, 0.6) is 11.5 Å². The first kappa shape index (κ1) is 19.4. The fraction of sp³-hybridized carbons (Fsp3) is 0.632. The van der Waals surface area contributed by atoms with E-state index in [0.29, 0.717) is 30.6 Å². The maximum Gasteiger partial charge on any atom is 0.188 e. The fourth-order valence-electron chi connectivity index (χ4n) is 3.24. The Bertz CT molecular complexity index is 683. The van der Waals surface area contributed by atoms with Crippen molar-refractivity contribution >= 4 is 6.29 Å². The number of carbonyl (C=O) groups is 1. The van der Waals surface area contributed by atoms with Gasteiger partial charge in [0.25, 0.3) is 0 Å². The van der Waals surface area contributed by atoms with Crippen molar-refractivity contribution in [1.82, 2.24) is 0 Å². The molecule has 1 aliphatic rings. The van der Waals surface area contributed by atoms with E-state index in [4.69, 9.17) is 14.2 Å². The summed E-state index contributed by atoms with van der Waals surface area (Å²) in [5.41, 5.74) is 2.17. The standard InChI is InChI=1S/C19H27NO5/c1-12-14-9-19(5,8-7-18(3,4)20-22)25-17(14)13(2)15(10-21)16(12)24-11-23-6/h10H,7-9,11H2,1-6H3. The Balaban J connectivity index is 2.36. The molecule has 0 radical (unpaired) electrons. The molecule has 1 aromatic carbocycles. The minimum Gasteiger partial charge on any atom is -0.487 e. The summed E-state index contributed by atoms with van der Waals surface area (Å²) in [4.78, 5) is 22.5. The summed E-state index contributed by atoms with van der Waals surface area (Å²) in [6.45, 7) is 9.55. The van der Waals surface area contributed by atoms with Crippen LogP contribution in [0.25, 0.3) is 0 Å². The first-order valence-electron chi connectivity index (χ1n) is 8.44. The summed E-state index contributed by atoms with van der Waals surface area (Å²) in [5, 5.41) is 3.19. The summed E-state index contributed by atoms with van der Waals surface area (Å²) in [6.07, 6.45) is 2.83. The maximum atomic E-state index is 11.6. The molecule has 0 aliphatic carbocycles. The molecule has 138 valence electrons. The van der Waals surface area contributed by atoms with Gasteiger partial charge in [-0.3, -0.25) is 4.79 Å². The SMILES string of the molecule is COCOc1c(C)c2c(c(C)c1C=O)OC(C)(CCC(C)(C)N=O)C2. The first-order chi connectivity index (χ1) is 11.7. The smallest absolute Gasteiger partial charge is 0.188 e. The summed E-state index contributed by atoms with van der Waals surface area (Å²) >= 11 is 0. The highest BCUT2D eigenvalue weighted by molar-refractivity contribution is 5.85. The second kappa shape index (κ2) is 7.12. The summed E-state index contributed by atoms with van der Waals surface area (Å²) < 4.78 is 16.9. The molecule has 0 aromatic heterocycles. The van der Waals surface area contributed by atoms with E-state index in [1.165, 1.54) is 0 Å². The molecular weight excluding hydrogens is 322 g/mol. The fourth-order valence-corrected chi connectivity index (χ4v) is 3.24. The molecule has 1 heterocycles. The summed E-state index contributed by atoms with van der Waals surface area (Å²) in [7, 11) is 1.54. The Morgan fingerprint density at radius 2 is 2.00 bits per heavy atom. The highest BCUT2D eigenvalue weighted by Crippen LogP contribution is 2.46. The van der Waals surface area contributed by atoms with Gasteiger partial charge >= 0.3 is 0 Å². The predicted octanol–water partition coefficient (Wildman–Crippen LogP) is 4.12. The third kappa shape index (κ3) is 3.84. The number of aldehydes is 1. The summed E-state index contributed by atoms with van der Waals surface area (Å²) in [6, 6.07) is 0. The third-order valence-electron chi connectivity index (χ3n) is 4.91. The van der Waals surface area contributed by atoms with E-state index < -0.39 is 11.1 Å². The van der Waals surface area contributed by atoms with Crippen LogP contribution in [0.4, 0.5) is 0 Å². The number of hydrogen-bond acceptors (Lipinski definition) is 6. The molecule has 0 saturated heterocycles. The molecule has 0 fully saturated rings. The van der Waals surface area contributed by atoms with Crippen molar-refractivity contribution in [3.05, 3.63) is 27.2 Å². The quantitative estimate of drug-likeness (QED) is 0.401. The lowest BCUT2D eigenvalue weighted by Crippen LogP contribution is -2.33. The number of nitrogens with zero attached hydrogens (tertiary/aromatic N) is 1. The Hall–Kier alpha value is -1.95. The van der Waals surface area contributed by atoms with Crippen LogP contribution in [0.15, 0.2) is 5.18 Å². The maximum absolute atomic E-state index is 11.6. The molecule has 6 nitrogen and oxygen atoms in total. The van der Waals surface area contributed by atoms with Gasteiger partial charge in [0.1, 0.15) is 17.1 Å². The van der Waals surface area contributed by atoms with E-state index in [-0.39, 0.29) is 6.79 Å². The zero-order valence-corrected chi connectivity index (χ0v) is 15.9. The molecule has 0 amide bonds. The van der Waals surface area contributed by atoms with Crippen molar-refractivity contribution in [1.29, 1.82) is 0 Å². The van der Waals surface area contributed by atoms with E-state index in [9.17, 15) is 9.70 Å². The van der Waals surface area contributed by atoms with Gasteiger partial charge < -0.3 is 14.2 Å². The van der Waals surface area contributed by atoms with Crippen LogP contribution in [0, 0.1) is 18.8 Å². The van der Waals surface area contributed by atoms with E-state index in [1.54, 1.807) is 7.11 Å². The Morgan fingerprint density at radius 3 is 2.56 bits per heavy atom. The van der Waals surface area contributed by atoms with E-state index in [2.05, 4.69) is 5.18 Å². The monoisotopic (exact) mass is 349 g/mol.